The molecule has 1 radical (unpaired) electrons. The van der Waals surface area contributed by atoms with Gasteiger partial charge in [-0.15, -0.1) is 0 Å². The van der Waals surface area contributed by atoms with Gasteiger partial charge in [-0.3, -0.25) is 4.79 Å². The zero-order valence-electron chi connectivity index (χ0n) is 10.2. The van der Waals surface area contributed by atoms with Crippen molar-refractivity contribution in [1.82, 2.24) is 5.32 Å². The molecule has 0 bridgehead atoms. The fourth-order valence-corrected chi connectivity index (χ4v) is 1.54. The van der Waals surface area contributed by atoms with Crippen molar-refractivity contribution in [3.63, 3.8) is 0 Å². The Morgan fingerprint density at radius 1 is 1.12 bits per heavy atom. The molecule has 1 N–H and O–H groups in total. The van der Waals surface area contributed by atoms with Crippen LogP contribution in [0, 0.1) is 0 Å². The van der Waals surface area contributed by atoms with Crippen molar-refractivity contribution in [3.05, 3.63) is 17.7 Å². The number of methoxy groups -OCH3 is 3. The lowest BCUT2D eigenvalue weighted by Crippen LogP contribution is -2.14. The second kappa shape index (κ2) is 6.62. The van der Waals surface area contributed by atoms with Gasteiger partial charge in [-0.05, 0) is 24.1 Å². The molecule has 1 rings (SSSR count). The van der Waals surface area contributed by atoms with Gasteiger partial charge in [-0.1, -0.05) is 0 Å². The van der Waals surface area contributed by atoms with Crippen molar-refractivity contribution >= 4 is 6.41 Å². The number of ether oxygens (including phenoxy) is 3. The van der Waals surface area contributed by atoms with Crippen LogP contribution in [0.2, 0.25) is 0 Å². The van der Waals surface area contributed by atoms with Gasteiger partial charge in [0, 0.05) is 6.54 Å². The van der Waals surface area contributed by atoms with Crippen LogP contribution in [-0.2, 0) is 11.2 Å². The van der Waals surface area contributed by atoms with Gasteiger partial charge >= 0.3 is 6.41 Å². The Bertz CT molecular complexity index is 354. The molecule has 0 unspecified atom stereocenters. The summed E-state index contributed by atoms with van der Waals surface area (Å²) in [6, 6.07) is 3.71. The maximum absolute atomic E-state index is 10.0. The number of rotatable bonds is 7. The summed E-state index contributed by atoms with van der Waals surface area (Å²) in [7, 11) is 4.69. The molecule has 0 aliphatic heterocycles. The van der Waals surface area contributed by atoms with Gasteiger partial charge in [0.1, 0.15) is 0 Å². The summed E-state index contributed by atoms with van der Waals surface area (Å²) in [4.78, 5) is 10.0. The Morgan fingerprint density at radius 2 is 1.71 bits per heavy atom. The number of benzene rings is 1. The predicted octanol–water partition coefficient (Wildman–Crippen LogP) is 0.912. The molecule has 0 spiro atoms. The summed E-state index contributed by atoms with van der Waals surface area (Å²) in [5.41, 5.74) is 0.988. The molecule has 1 aromatic rings. The van der Waals surface area contributed by atoms with E-state index in [9.17, 15) is 4.79 Å². The summed E-state index contributed by atoms with van der Waals surface area (Å²) in [5, 5.41) is 2.48. The van der Waals surface area contributed by atoms with E-state index in [0.717, 1.165) is 5.56 Å². The minimum absolute atomic E-state index is 0.516. The molecule has 17 heavy (non-hydrogen) atoms. The third-order valence-electron chi connectivity index (χ3n) is 2.34. The SMILES string of the molecule is COc1cc(CCN[C]=O)cc(OC)c1OC. The van der Waals surface area contributed by atoms with E-state index in [2.05, 4.69) is 5.32 Å². The van der Waals surface area contributed by atoms with Gasteiger partial charge in [-0.25, -0.2) is 0 Å². The summed E-state index contributed by atoms with van der Waals surface area (Å²) in [6.45, 7) is 0.516. The van der Waals surface area contributed by atoms with Crippen LogP contribution in [0.1, 0.15) is 5.56 Å². The summed E-state index contributed by atoms with van der Waals surface area (Å²) < 4.78 is 15.7. The molecule has 0 saturated carbocycles. The average Bonchev–Trinajstić information content (AvgIpc) is 2.37. The van der Waals surface area contributed by atoms with Crippen LogP contribution in [-0.4, -0.2) is 34.3 Å². The fraction of sp³-hybridized carbons (Fsp3) is 0.417. The van der Waals surface area contributed by atoms with Gasteiger partial charge < -0.3 is 19.5 Å². The zero-order chi connectivity index (χ0) is 12.7. The molecule has 0 aliphatic rings. The monoisotopic (exact) mass is 238 g/mol. The minimum atomic E-state index is 0.516. The first-order valence-corrected chi connectivity index (χ1v) is 5.15. The molecule has 1 aromatic carbocycles. The van der Waals surface area contributed by atoms with Crippen molar-refractivity contribution in [2.75, 3.05) is 27.9 Å². The predicted molar refractivity (Wildman–Crippen MR) is 63.5 cm³/mol. The average molecular weight is 238 g/mol. The molecule has 0 saturated heterocycles. The van der Waals surface area contributed by atoms with E-state index in [1.165, 1.54) is 0 Å². The normalized spacial score (nSPS) is 9.59. The number of nitrogens with one attached hydrogen (secondary N) is 1. The molecule has 5 nitrogen and oxygen atoms in total. The van der Waals surface area contributed by atoms with E-state index in [-0.39, 0.29) is 0 Å². The Morgan fingerprint density at radius 3 is 2.12 bits per heavy atom. The summed E-state index contributed by atoms with van der Waals surface area (Å²) in [6.07, 6.45) is 2.30. The molecule has 0 aliphatic carbocycles. The third-order valence-corrected chi connectivity index (χ3v) is 2.34. The number of carbonyl (C=O) groups excluding carboxylic acids is 1. The molecule has 5 heteroatoms. The highest BCUT2D eigenvalue weighted by Gasteiger charge is 2.12. The summed E-state index contributed by atoms with van der Waals surface area (Å²) >= 11 is 0. The lowest BCUT2D eigenvalue weighted by molar-refractivity contribution is 0.324. The molecule has 0 aromatic heterocycles. The van der Waals surface area contributed by atoms with Crippen LogP contribution >= 0.6 is 0 Å². The Hall–Kier alpha value is -1.91. The zero-order valence-corrected chi connectivity index (χ0v) is 10.2. The lowest BCUT2D eigenvalue weighted by Gasteiger charge is -2.13. The van der Waals surface area contributed by atoms with Crippen molar-refractivity contribution in [3.8, 4) is 17.2 Å². The largest absolute Gasteiger partial charge is 0.493 e. The van der Waals surface area contributed by atoms with E-state index in [1.54, 1.807) is 27.7 Å². The van der Waals surface area contributed by atoms with Crippen molar-refractivity contribution in [2.45, 2.75) is 6.42 Å². The first-order valence-electron chi connectivity index (χ1n) is 5.15. The second-order valence-corrected chi connectivity index (χ2v) is 3.31. The number of hydrogen-bond acceptors (Lipinski definition) is 4. The lowest BCUT2D eigenvalue weighted by atomic mass is 10.1. The van der Waals surface area contributed by atoms with E-state index in [4.69, 9.17) is 14.2 Å². The summed E-state index contributed by atoms with van der Waals surface area (Å²) in [5.74, 6) is 1.78. The Kier molecular flexibility index (Phi) is 5.13. The van der Waals surface area contributed by atoms with Gasteiger partial charge in [-0.2, -0.15) is 0 Å². The first kappa shape index (κ1) is 13.2. The van der Waals surface area contributed by atoms with E-state index >= 15 is 0 Å². The van der Waals surface area contributed by atoms with E-state index in [1.807, 2.05) is 12.1 Å². The van der Waals surface area contributed by atoms with Crippen LogP contribution in [0.25, 0.3) is 0 Å². The molecule has 0 heterocycles. The number of amides is 1. The molecule has 93 valence electrons. The van der Waals surface area contributed by atoms with Crippen molar-refractivity contribution < 1.29 is 19.0 Å². The maximum atomic E-state index is 10.0. The second-order valence-electron chi connectivity index (χ2n) is 3.31. The standard InChI is InChI=1S/C12H16NO4/c1-15-10-6-9(4-5-13-8-14)7-11(16-2)12(10)17-3/h6-7H,4-5H2,1-3H3,(H,13,14). The minimum Gasteiger partial charge on any atom is -0.493 e. The highest BCUT2D eigenvalue weighted by molar-refractivity contribution is 5.54. The van der Waals surface area contributed by atoms with Crippen LogP contribution in [0.5, 0.6) is 17.2 Å². The Balaban J connectivity index is 2.96. The maximum Gasteiger partial charge on any atom is 0.309 e. The van der Waals surface area contributed by atoms with Crippen LogP contribution in [0.3, 0.4) is 0 Å². The van der Waals surface area contributed by atoms with Crippen LogP contribution < -0.4 is 19.5 Å². The van der Waals surface area contributed by atoms with Gasteiger partial charge in [0.05, 0.1) is 21.3 Å². The van der Waals surface area contributed by atoms with Crippen LogP contribution in [0.4, 0.5) is 0 Å². The van der Waals surface area contributed by atoms with E-state index in [0.29, 0.717) is 30.2 Å². The quantitative estimate of drug-likeness (QED) is 0.566. The highest BCUT2D eigenvalue weighted by Crippen LogP contribution is 2.38. The molecule has 1 amide bonds. The molecule has 0 atom stereocenters. The van der Waals surface area contributed by atoms with Gasteiger partial charge in [0.15, 0.2) is 11.5 Å². The van der Waals surface area contributed by atoms with Crippen molar-refractivity contribution in [1.29, 1.82) is 0 Å². The van der Waals surface area contributed by atoms with Gasteiger partial charge in [0.2, 0.25) is 5.75 Å². The smallest absolute Gasteiger partial charge is 0.309 e. The van der Waals surface area contributed by atoms with Gasteiger partial charge in [0.25, 0.3) is 0 Å². The molecular formula is C12H16NO4. The highest BCUT2D eigenvalue weighted by atomic mass is 16.5. The van der Waals surface area contributed by atoms with E-state index < -0.39 is 0 Å². The first-order chi connectivity index (χ1) is 8.26. The third kappa shape index (κ3) is 3.27. The fourth-order valence-electron chi connectivity index (χ4n) is 1.54. The topological polar surface area (TPSA) is 56.8 Å². The van der Waals surface area contributed by atoms with Crippen molar-refractivity contribution in [2.24, 2.45) is 0 Å². The van der Waals surface area contributed by atoms with Crippen LogP contribution in [0.15, 0.2) is 12.1 Å². The molecular weight excluding hydrogens is 222 g/mol. The number of hydrogen-bond donors (Lipinski definition) is 1. The Labute approximate surface area is 101 Å². The molecule has 0 fully saturated rings.